The molecule has 0 aliphatic rings. The molecule has 0 aliphatic heterocycles. The van der Waals surface area contributed by atoms with Crippen molar-refractivity contribution in [3.05, 3.63) is 0 Å². The minimum absolute atomic E-state index is 0.144. The minimum Gasteiger partial charge on any atom is -0.463 e. The summed E-state index contributed by atoms with van der Waals surface area (Å²) in [5, 5.41) is 0. The molecular formula is C15H28O6. The molecule has 0 N–H and O–H groups in total. The Morgan fingerprint density at radius 3 is 1.67 bits per heavy atom. The fourth-order valence-electron chi connectivity index (χ4n) is 1.51. The Morgan fingerprint density at radius 2 is 1.33 bits per heavy atom. The zero-order chi connectivity index (χ0) is 16.5. The first-order valence-corrected chi connectivity index (χ1v) is 7.44. The van der Waals surface area contributed by atoms with E-state index in [1.165, 1.54) is 0 Å². The Labute approximate surface area is 127 Å². The number of carbonyl (C=O) groups is 2. The van der Waals surface area contributed by atoms with Crippen LogP contribution in [0.5, 0.6) is 0 Å². The highest BCUT2D eigenvalue weighted by Gasteiger charge is 2.52. The molecule has 21 heavy (non-hydrogen) atoms. The normalized spacial score (nSPS) is 12.1. The molecule has 0 radical (unpaired) electrons. The monoisotopic (exact) mass is 304 g/mol. The second-order valence-electron chi connectivity index (χ2n) is 5.65. The number of hydrogen-bond acceptors (Lipinski definition) is 6. The van der Waals surface area contributed by atoms with Gasteiger partial charge in [-0.3, -0.25) is 0 Å². The van der Waals surface area contributed by atoms with Gasteiger partial charge in [-0.15, -0.1) is 0 Å². The maximum Gasteiger partial charge on any atom is 0.353 e. The van der Waals surface area contributed by atoms with Crippen LogP contribution < -0.4 is 0 Å². The van der Waals surface area contributed by atoms with Crippen LogP contribution in [0.4, 0.5) is 0 Å². The van der Waals surface area contributed by atoms with E-state index in [0.29, 0.717) is 6.42 Å². The van der Waals surface area contributed by atoms with E-state index in [1.54, 1.807) is 34.6 Å². The Balaban J connectivity index is 5.37. The zero-order valence-electron chi connectivity index (χ0n) is 14.0. The van der Waals surface area contributed by atoms with Gasteiger partial charge in [0.05, 0.1) is 18.8 Å². The molecule has 0 atom stereocenters. The van der Waals surface area contributed by atoms with Crippen LogP contribution in [-0.2, 0) is 28.8 Å². The number of esters is 2. The first kappa shape index (κ1) is 19.9. The molecule has 124 valence electrons. The highest BCUT2D eigenvalue weighted by molar-refractivity contribution is 6.03. The molecule has 0 aromatic heterocycles. The lowest BCUT2D eigenvalue weighted by atomic mass is 9.97. The molecule has 0 bridgehead atoms. The van der Waals surface area contributed by atoms with E-state index in [9.17, 15) is 9.59 Å². The molecule has 0 amide bonds. The summed E-state index contributed by atoms with van der Waals surface area (Å²) >= 11 is 0. The average Bonchev–Trinajstić information content (AvgIpc) is 2.38. The van der Waals surface area contributed by atoms with Gasteiger partial charge < -0.3 is 9.47 Å². The standard InChI is InChI=1S/C15H28O6/c1-7-10-11-15(12(16)18-8-2,13(17)19-9-3)21-20-14(4,5)6/h7-11H2,1-6H3. The molecule has 0 spiro atoms. The SMILES string of the molecule is CCCCC(OOC(C)(C)C)(C(=O)OCC)C(=O)OCC. The molecule has 0 fully saturated rings. The third kappa shape index (κ3) is 6.44. The summed E-state index contributed by atoms with van der Waals surface area (Å²) in [5.41, 5.74) is -2.54. The van der Waals surface area contributed by atoms with Crippen molar-refractivity contribution in [2.24, 2.45) is 0 Å². The van der Waals surface area contributed by atoms with E-state index >= 15 is 0 Å². The number of hydrogen-bond donors (Lipinski definition) is 0. The van der Waals surface area contributed by atoms with Crippen LogP contribution in [-0.4, -0.2) is 36.4 Å². The van der Waals surface area contributed by atoms with Gasteiger partial charge in [-0.2, -0.15) is 0 Å². The second-order valence-corrected chi connectivity index (χ2v) is 5.65. The molecule has 0 aromatic carbocycles. The Kier molecular flexibility index (Phi) is 8.51. The molecule has 0 rings (SSSR count). The second kappa shape index (κ2) is 9.00. The first-order chi connectivity index (χ1) is 9.73. The van der Waals surface area contributed by atoms with Crippen LogP contribution in [0.3, 0.4) is 0 Å². The zero-order valence-corrected chi connectivity index (χ0v) is 14.0. The van der Waals surface area contributed by atoms with Crippen LogP contribution in [0.25, 0.3) is 0 Å². The Hall–Kier alpha value is -1.14. The predicted octanol–water partition coefficient (Wildman–Crippen LogP) is 2.79. The van der Waals surface area contributed by atoms with Crippen LogP contribution >= 0.6 is 0 Å². The molecule has 6 heteroatoms. The van der Waals surface area contributed by atoms with Gasteiger partial charge >= 0.3 is 11.9 Å². The fourth-order valence-corrected chi connectivity index (χ4v) is 1.51. The summed E-state index contributed by atoms with van der Waals surface area (Å²) in [7, 11) is 0. The van der Waals surface area contributed by atoms with Gasteiger partial charge in [-0.25, -0.2) is 19.4 Å². The van der Waals surface area contributed by atoms with Crippen molar-refractivity contribution in [1.29, 1.82) is 0 Å². The predicted molar refractivity (Wildman–Crippen MR) is 77.4 cm³/mol. The summed E-state index contributed by atoms with van der Waals surface area (Å²) in [6.45, 7) is 10.8. The van der Waals surface area contributed by atoms with Gasteiger partial charge in [-0.05, 0) is 41.0 Å². The van der Waals surface area contributed by atoms with E-state index < -0.39 is 23.1 Å². The third-order valence-electron chi connectivity index (χ3n) is 2.53. The molecule has 0 unspecified atom stereocenters. The van der Waals surface area contributed by atoms with E-state index in [-0.39, 0.29) is 19.6 Å². The molecular weight excluding hydrogens is 276 g/mol. The lowest BCUT2D eigenvalue weighted by Gasteiger charge is -2.30. The number of unbranched alkanes of at least 4 members (excludes halogenated alkanes) is 1. The van der Waals surface area contributed by atoms with Crippen molar-refractivity contribution in [3.63, 3.8) is 0 Å². The minimum atomic E-state index is -1.87. The highest BCUT2D eigenvalue weighted by atomic mass is 17.2. The van der Waals surface area contributed by atoms with E-state index in [1.807, 2.05) is 6.92 Å². The van der Waals surface area contributed by atoms with Crippen LogP contribution in [0.2, 0.25) is 0 Å². The quantitative estimate of drug-likeness (QED) is 0.282. The van der Waals surface area contributed by atoms with Gasteiger partial charge in [0.2, 0.25) is 0 Å². The maximum atomic E-state index is 12.3. The van der Waals surface area contributed by atoms with Crippen molar-refractivity contribution in [3.8, 4) is 0 Å². The number of carbonyl (C=O) groups excluding carboxylic acids is 2. The molecule has 0 saturated heterocycles. The molecule has 0 saturated carbocycles. The van der Waals surface area contributed by atoms with E-state index in [4.69, 9.17) is 19.2 Å². The molecule has 0 aliphatic carbocycles. The maximum absolute atomic E-state index is 12.3. The van der Waals surface area contributed by atoms with E-state index in [2.05, 4.69) is 0 Å². The molecule has 0 aromatic rings. The number of rotatable bonds is 9. The van der Waals surface area contributed by atoms with E-state index in [0.717, 1.165) is 6.42 Å². The fraction of sp³-hybridized carbons (Fsp3) is 0.867. The van der Waals surface area contributed by atoms with Crippen molar-refractivity contribution >= 4 is 11.9 Å². The Bertz CT molecular complexity index is 314. The molecule has 6 nitrogen and oxygen atoms in total. The van der Waals surface area contributed by atoms with Gasteiger partial charge in [-0.1, -0.05) is 13.3 Å². The summed E-state index contributed by atoms with van der Waals surface area (Å²) in [4.78, 5) is 35.1. The summed E-state index contributed by atoms with van der Waals surface area (Å²) in [5.74, 6) is -1.55. The lowest BCUT2D eigenvalue weighted by Crippen LogP contribution is -2.52. The van der Waals surface area contributed by atoms with Crippen molar-refractivity contribution in [1.82, 2.24) is 0 Å². The topological polar surface area (TPSA) is 71.1 Å². The van der Waals surface area contributed by atoms with Crippen LogP contribution in [0, 0.1) is 0 Å². The number of ether oxygens (including phenoxy) is 2. The smallest absolute Gasteiger partial charge is 0.353 e. The van der Waals surface area contributed by atoms with Gasteiger partial charge in [0.1, 0.15) is 0 Å². The van der Waals surface area contributed by atoms with Gasteiger partial charge in [0.15, 0.2) is 0 Å². The highest BCUT2D eigenvalue weighted by Crippen LogP contribution is 2.26. The van der Waals surface area contributed by atoms with Crippen molar-refractivity contribution < 1.29 is 28.8 Å². The Morgan fingerprint density at radius 1 is 0.857 bits per heavy atom. The van der Waals surface area contributed by atoms with Crippen molar-refractivity contribution in [2.75, 3.05) is 13.2 Å². The van der Waals surface area contributed by atoms with Crippen molar-refractivity contribution in [2.45, 2.75) is 72.0 Å². The van der Waals surface area contributed by atoms with Crippen LogP contribution in [0.1, 0.15) is 60.8 Å². The largest absolute Gasteiger partial charge is 0.463 e. The van der Waals surface area contributed by atoms with Gasteiger partial charge in [0.25, 0.3) is 5.60 Å². The van der Waals surface area contributed by atoms with Gasteiger partial charge in [0, 0.05) is 6.42 Å². The first-order valence-electron chi connectivity index (χ1n) is 7.44. The molecule has 0 heterocycles. The lowest BCUT2D eigenvalue weighted by molar-refractivity contribution is -0.391. The average molecular weight is 304 g/mol. The summed E-state index contributed by atoms with van der Waals surface area (Å²) in [6, 6.07) is 0. The third-order valence-corrected chi connectivity index (χ3v) is 2.53. The summed E-state index contributed by atoms with van der Waals surface area (Å²) in [6.07, 6.45) is 1.54. The van der Waals surface area contributed by atoms with Crippen LogP contribution in [0.15, 0.2) is 0 Å². The summed E-state index contributed by atoms with van der Waals surface area (Å²) < 4.78 is 9.98.